The number of phenolic OH excluding ortho intramolecular Hbond substituents is 1. The molecule has 29 heavy (non-hydrogen) atoms. The molecule has 0 spiro atoms. The van der Waals surface area contributed by atoms with Crippen molar-refractivity contribution >= 4 is 34.9 Å². The highest BCUT2D eigenvalue weighted by Crippen LogP contribution is 2.23. The fourth-order valence-electron chi connectivity index (χ4n) is 2.74. The molecular formula is C22H18N4O2S. The summed E-state index contributed by atoms with van der Waals surface area (Å²) in [6.45, 7) is 0. The third kappa shape index (κ3) is 4.83. The van der Waals surface area contributed by atoms with Crippen LogP contribution in [0.25, 0.3) is 11.0 Å². The van der Waals surface area contributed by atoms with E-state index >= 15 is 0 Å². The van der Waals surface area contributed by atoms with Gasteiger partial charge in [-0.2, -0.15) is 5.10 Å². The Labute approximate surface area is 171 Å². The second kappa shape index (κ2) is 8.62. The number of phenols is 1. The number of carbonyl (C=O) groups excluding carboxylic acids is 1. The van der Waals surface area contributed by atoms with E-state index in [-0.39, 0.29) is 11.7 Å². The summed E-state index contributed by atoms with van der Waals surface area (Å²) in [7, 11) is 0. The average molecular weight is 402 g/mol. The lowest BCUT2D eigenvalue weighted by Crippen LogP contribution is -2.17. The lowest BCUT2D eigenvalue weighted by atomic mass is 10.1. The number of aromatic hydroxyl groups is 1. The van der Waals surface area contributed by atoms with Gasteiger partial charge in [-0.05, 0) is 47.5 Å². The molecule has 0 aliphatic carbocycles. The fraction of sp³-hybridized carbons (Fsp3) is 0.0455. The lowest BCUT2D eigenvalue weighted by molar-refractivity contribution is 0.0955. The maximum Gasteiger partial charge on any atom is 0.271 e. The van der Waals surface area contributed by atoms with Crippen molar-refractivity contribution in [1.29, 1.82) is 0 Å². The average Bonchev–Trinajstić information content (AvgIpc) is 3.16. The number of hydrazone groups is 1. The Hall–Kier alpha value is -3.58. The number of thioether (sulfide) groups is 1. The van der Waals surface area contributed by atoms with Crippen LogP contribution in [0.5, 0.6) is 5.75 Å². The van der Waals surface area contributed by atoms with Crippen LogP contribution in [0.2, 0.25) is 0 Å². The monoisotopic (exact) mass is 402 g/mol. The number of benzene rings is 3. The normalized spacial score (nSPS) is 11.2. The first-order chi connectivity index (χ1) is 14.2. The minimum atomic E-state index is -0.294. The van der Waals surface area contributed by atoms with E-state index in [1.165, 1.54) is 6.21 Å². The van der Waals surface area contributed by atoms with Crippen LogP contribution >= 0.6 is 11.8 Å². The molecule has 0 fully saturated rings. The lowest BCUT2D eigenvalue weighted by Gasteiger charge is -2.03. The van der Waals surface area contributed by atoms with Crippen molar-refractivity contribution in [2.75, 3.05) is 0 Å². The van der Waals surface area contributed by atoms with E-state index in [9.17, 15) is 9.90 Å². The molecule has 144 valence electrons. The van der Waals surface area contributed by atoms with Gasteiger partial charge in [0.2, 0.25) is 0 Å². The van der Waals surface area contributed by atoms with Gasteiger partial charge in [-0.3, -0.25) is 4.79 Å². The largest absolute Gasteiger partial charge is 0.508 e. The van der Waals surface area contributed by atoms with E-state index < -0.39 is 0 Å². The van der Waals surface area contributed by atoms with Gasteiger partial charge in [0.15, 0.2) is 5.16 Å². The summed E-state index contributed by atoms with van der Waals surface area (Å²) in [6.07, 6.45) is 1.48. The summed E-state index contributed by atoms with van der Waals surface area (Å²) < 4.78 is 0. The summed E-state index contributed by atoms with van der Waals surface area (Å²) in [4.78, 5) is 20.0. The first kappa shape index (κ1) is 18.8. The minimum Gasteiger partial charge on any atom is -0.508 e. The summed E-state index contributed by atoms with van der Waals surface area (Å²) in [5.74, 6) is 0.603. The van der Waals surface area contributed by atoms with Gasteiger partial charge in [-0.25, -0.2) is 10.4 Å². The molecule has 0 bridgehead atoms. The summed E-state index contributed by atoms with van der Waals surface area (Å²) in [5, 5.41) is 14.2. The number of amides is 1. The van der Waals surface area contributed by atoms with Gasteiger partial charge in [-0.15, -0.1) is 0 Å². The number of imidazole rings is 1. The molecule has 0 aliphatic rings. The Morgan fingerprint density at radius 1 is 1.10 bits per heavy atom. The highest BCUT2D eigenvalue weighted by molar-refractivity contribution is 7.98. The topological polar surface area (TPSA) is 90.4 Å². The van der Waals surface area contributed by atoms with Gasteiger partial charge in [-0.1, -0.05) is 48.2 Å². The van der Waals surface area contributed by atoms with Crippen molar-refractivity contribution < 1.29 is 9.90 Å². The zero-order valence-electron chi connectivity index (χ0n) is 15.4. The molecule has 4 rings (SSSR count). The Morgan fingerprint density at radius 2 is 1.93 bits per heavy atom. The highest BCUT2D eigenvalue weighted by atomic mass is 32.2. The predicted molar refractivity (Wildman–Crippen MR) is 115 cm³/mol. The van der Waals surface area contributed by atoms with Crippen molar-refractivity contribution in [2.45, 2.75) is 10.9 Å². The van der Waals surface area contributed by atoms with E-state index in [4.69, 9.17) is 0 Å². The Balaban J connectivity index is 1.32. The van der Waals surface area contributed by atoms with Gasteiger partial charge in [0.1, 0.15) is 5.75 Å². The quantitative estimate of drug-likeness (QED) is 0.254. The molecular weight excluding hydrogens is 384 g/mol. The van der Waals surface area contributed by atoms with Crippen LogP contribution in [0.3, 0.4) is 0 Å². The van der Waals surface area contributed by atoms with Gasteiger partial charge in [0.05, 0.1) is 17.2 Å². The minimum absolute atomic E-state index is 0.149. The van der Waals surface area contributed by atoms with Gasteiger partial charge < -0.3 is 10.1 Å². The second-order valence-electron chi connectivity index (χ2n) is 6.34. The molecule has 0 saturated carbocycles. The molecule has 3 aromatic carbocycles. The van der Waals surface area contributed by atoms with E-state index in [0.717, 1.165) is 27.5 Å². The van der Waals surface area contributed by atoms with E-state index in [1.54, 1.807) is 48.2 Å². The molecule has 0 atom stereocenters. The highest BCUT2D eigenvalue weighted by Gasteiger charge is 2.06. The van der Waals surface area contributed by atoms with Crippen molar-refractivity contribution in [3.8, 4) is 5.75 Å². The molecule has 3 N–H and O–H groups in total. The van der Waals surface area contributed by atoms with Crippen molar-refractivity contribution in [2.24, 2.45) is 5.10 Å². The first-order valence-corrected chi connectivity index (χ1v) is 9.95. The first-order valence-electron chi connectivity index (χ1n) is 8.96. The maximum absolute atomic E-state index is 12.2. The molecule has 1 aromatic heterocycles. The predicted octanol–water partition coefficient (Wildman–Crippen LogP) is 4.32. The molecule has 0 aliphatic heterocycles. The second-order valence-corrected chi connectivity index (χ2v) is 7.30. The van der Waals surface area contributed by atoms with Crippen LogP contribution in [0.15, 0.2) is 83.1 Å². The Bertz CT molecular complexity index is 1140. The van der Waals surface area contributed by atoms with Gasteiger partial charge in [0.25, 0.3) is 5.91 Å². The van der Waals surface area contributed by atoms with Crippen molar-refractivity contribution in [3.05, 3.63) is 89.5 Å². The van der Waals surface area contributed by atoms with E-state index in [2.05, 4.69) is 20.5 Å². The van der Waals surface area contributed by atoms with Gasteiger partial charge in [0, 0.05) is 11.3 Å². The molecule has 7 heteroatoms. The molecule has 6 nitrogen and oxygen atoms in total. The fourth-order valence-corrected chi connectivity index (χ4v) is 3.58. The van der Waals surface area contributed by atoms with Crippen molar-refractivity contribution in [1.82, 2.24) is 15.4 Å². The number of fused-ring (bicyclic) bond motifs is 1. The number of H-pyrrole nitrogens is 1. The zero-order chi connectivity index (χ0) is 20.1. The Morgan fingerprint density at radius 3 is 2.72 bits per heavy atom. The number of hydrogen-bond donors (Lipinski definition) is 3. The van der Waals surface area contributed by atoms with Crippen LogP contribution < -0.4 is 5.43 Å². The molecule has 4 aromatic rings. The van der Waals surface area contributed by atoms with E-state index in [0.29, 0.717) is 11.1 Å². The van der Waals surface area contributed by atoms with Crippen LogP contribution in [0.1, 0.15) is 21.5 Å². The van der Waals surface area contributed by atoms with Crippen LogP contribution in [0, 0.1) is 0 Å². The van der Waals surface area contributed by atoms with Crippen LogP contribution in [0.4, 0.5) is 0 Å². The van der Waals surface area contributed by atoms with Crippen LogP contribution in [-0.4, -0.2) is 27.2 Å². The number of nitrogens with zero attached hydrogens (tertiary/aromatic N) is 2. The number of aromatic amines is 1. The smallest absolute Gasteiger partial charge is 0.271 e. The Kier molecular flexibility index (Phi) is 5.58. The van der Waals surface area contributed by atoms with Crippen LogP contribution in [-0.2, 0) is 5.75 Å². The van der Waals surface area contributed by atoms with E-state index in [1.807, 2.05) is 36.4 Å². The number of nitrogens with one attached hydrogen (secondary N) is 2. The third-order valence-corrected chi connectivity index (χ3v) is 5.15. The van der Waals surface area contributed by atoms with Gasteiger partial charge >= 0.3 is 0 Å². The standard InChI is InChI=1S/C22H18N4O2S/c27-18-5-3-4-16(12-18)13-23-26-21(28)17-10-8-15(9-11-17)14-29-22-24-19-6-1-2-7-20(19)25-22/h1-13,27H,14H2,(H,24,25)(H,26,28)/b23-13+. The summed E-state index contributed by atoms with van der Waals surface area (Å²) >= 11 is 1.61. The zero-order valence-corrected chi connectivity index (χ0v) is 16.2. The molecule has 0 saturated heterocycles. The number of hydrogen-bond acceptors (Lipinski definition) is 5. The number of para-hydroxylation sites is 2. The van der Waals surface area contributed by atoms with Crippen molar-refractivity contribution in [3.63, 3.8) is 0 Å². The maximum atomic E-state index is 12.2. The molecule has 0 radical (unpaired) electrons. The SMILES string of the molecule is O=C(N/N=C/c1cccc(O)c1)c1ccc(CSc2nc3ccccc3[nH]2)cc1. The summed E-state index contributed by atoms with van der Waals surface area (Å²) in [6, 6.07) is 21.9. The number of carbonyl (C=O) groups is 1. The molecule has 1 heterocycles. The third-order valence-electron chi connectivity index (χ3n) is 4.21. The summed E-state index contributed by atoms with van der Waals surface area (Å²) in [5.41, 5.74) is 6.78. The molecule has 0 unspecified atom stereocenters. The number of aromatic nitrogens is 2. The molecule has 1 amide bonds. The number of rotatable bonds is 6.